The van der Waals surface area contributed by atoms with Crippen LogP contribution >= 0.6 is 23.1 Å². The minimum Gasteiger partial charge on any atom is -0.480 e. The van der Waals surface area contributed by atoms with E-state index in [0.717, 1.165) is 5.01 Å². The molecule has 3 N–H and O–H groups in total. The molecule has 0 saturated heterocycles. The minimum absolute atomic E-state index is 0.489. The van der Waals surface area contributed by atoms with E-state index in [9.17, 15) is 4.79 Å². The lowest BCUT2D eigenvalue weighted by molar-refractivity contribution is -0.139. The topological polar surface area (TPSA) is 76.2 Å². The zero-order valence-electron chi connectivity index (χ0n) is 8.64. The fraction of sp³-hybridized carbons (Fsp3) is 0.556. The van der Waals surface area contributed by atoms with Gasteiger partial charge in [0.05, 0.1) is 0 Å². The Kier molecular flexibility index (Phi) is 4.12. The third-order valence-electron chi connectivity index (χ3n) is 2.07. The summed E-state index contributed by atoms with van der Waals surface area (Å²) in [5.41, 5.74) is 5.60. The van der Waals surface area contributed by atoms with Gasteiger partial charge < -0.3 is 10.8 Å². The first-order valence-electron chi connectivity index (χ1n) is 4.44. The molecule has 0 amide bonds. The average Bonchev–Trinajstić information content (AvgIpc) is 2.66. The molecule has 0 aliphatic rings. The number of hydrogen-bond donors (Lipinski definition) is 2. The van der Waals surface area contributed by atoms with Crippen molar-refractivity contribution in [1.82, 2.24) is 4.98 Å². The number of thioether (sulfide) groups is 1. The second-order valence-electron chi connectivity index (χ2n) is 3.63. The van der Waals surface area contributed by atoms with E-state index in [1.165, 1.54) is 11.8 Å². The Morgan fingerprint density at radius 3 is 2.93 bits per heavy atom. The maximum atomic E-state index is 10.8. The fourth-order valence-electron chi connectivity index (χ4n) is 0.959. The second-order valence-corrected chi connectivity index (χ2v) is 6.24. The Labute approximate surface area is 96.9 Å². The number of thiazole rings is 1. The van der Waals surface area contributed by atoms with Gasteiger partial charge in [-0.3, -0.25) is 4.79 Å². The molecule has 1 unspecified atom stereocenters. The van der Waals surface area contributed by atoms with Gasteiger partial charge in [0.25, 0.3) is 0 Å². The molecule has 1 aromatic rings. The molecule has 0 bridgehead atoms. The van der Waals surface area contributed by atoms with Gasteiger partial charge in [0.15, 0.2) is 0 Å². The number of carbonyl (C=O) groups is 1. The first kappa shape index (κ1) is 12.5. The van der Waals surface area contributed by atoms with Crippen LogP contribution in [0.25, 0.3) is 0 Å². The monoisotopic (exact) mass is 246 g/mol. The van der Waals surface area contributed by atoms with E-state index in [1.807, 2.05) is 19.2 Å². The van der Waals surface area contributed by atoms with Crippen molar-refractivity contribution in [3.63, 3.8) is 0 Å². The molecule has 15 heavy (non-hydrogen) atoms. The summed E-state index contributed by atoms with van der Waals surface area (Å²) < 4.78 is -0.489. The SMILES string of the molecule is CC(C)(SCc1nccs1)C(N)C(=O)O. The number of aliphatic carboxylic acids is 1. The molecule has 0 saturated carbocycles. The number of carboxylic acid groups (broad SMARTS) is 1. The molecule has 0 aromatic carbocycles. The van der Waals surface area contributed by atoms with Crippen LogP contribution in [0.3, 0.4) is 0 Å². The maximum Gasteiger partial charge on any atom is 0.321 e. The number of nitrogens with zero attached hydrogens (tertiary/aromatic N) is 1. The second kappa shape index (κ2) is 4.96. The predicted molar refractivity (Wildman–Crippen MR) is 63.1 cm³/mol. The van der Waals surface area contributed by atoms with Crippen molar-refractivity contribution in [2.45, 2.75) is 30.4 Å². The van der Waals surface area contributed by atoms with Crippen LogP contribution in [0.1, 0.15) is 18.9 Å². The third-order valence-corrected chi connectivity index (χ3v) is 4.44. The summed E-state index contributed by atoms with van der Waals surface area (Å²) in [6, 6.07) is -0.859. The summed E-state index contributed by atoms with van der Waals surface area (Å²) in [6.45, 7) is 3.67. The molecule has 0 aliphatic carbocycles. The highest BCUT2D eigenvalue weighted by Gasteiger charge is 2.32. The van der Waals surface area contributed by atoms with E-state index in [-0.39, 0.29) is 0 Å². The van der Waals surface area contributed by atoms with Gasteiger partial charge in [-0.25, -0.2) is 4.98 Å². The van der Waals surface area contributed by atoms with Crippen LogP contribution in [0.2, 0.25) is 0 Å². The highest BCUT2D eigenvalue weighted by atomic mass is 32.2. The lowest BCUT2D eigenvalue weighted by atomic mass is 10.1. The molecule has 1 aromatic heterocycles. The molecule has 1 atom stereocenters. The quantitative estimate of drug-likeness (QED) is 0.824. The number of hydrogen-bond acceptors (Lipinski definition) is 5. The average molecular weight is 246 g/mol. The van der Waals surface area contributed by atoms with Crippen LogP contribution in [0, 0.1) is 0 Å². The molecule has 0 aliphatic heterocycles. The van der Waals surface area contributed by atoms with Crippen LogP contribution < -0.4 is 5.73 Å². The fourth-order valence-corrected chi connectivity index (χ4v) is 2.66. The van der Waals surface area contributed by atoms with Crippen LogP contribution in [-0.2, 0) is 10.5 Å². The van der Waals surface area contributed by atoms with E-state index in [0.29, 0.717) is 5.75 Å². The number of nitrogens with two attached hydrogens (primary N) is 1. The smallest absolute Gasteiger partial charge is 0.321 e. The van der Waals surface area contributed by atoms with Crippen molar-refractivity contribution < 1.29 is 9.90 Å². The number of aromatic nitrogens is 1. The molecule has 1 rings (SSSR count). The molecule has 6 heteroatoms. The van der Waals surface area contributed by atoms with Gasteiger partial charge in [-0.1, -0.05) is 0 Å². The molecular weight excluding hydrogens is 232 g/mol. The van der Waals surface area contributed by atoms with Crippen molar-refractivity contribution >= 4 is 29.1 Å². The van der Waals surface area contributed by atoms with E-state index < -0.39 is 16.8 Å². The Bertz CT molecular complexity index is 325. The van der Waals surface area contributed by atoms with E-state index in [2.05, 4.69) is 4.98 Å². The van der Waals surface area contributed by atoms with Crippen molar-refractivity contribution in [3.8, 4) is 0 Å². The van der Waals surface area contributed by atoms with Crippen molar-refractivity contribution in [1.29, 1.82) is 0 Å². The molecule has 0 spiro atoms. The highest BCUT2D eigenvalue weighted by Crippen LogP contribution is 2.30. The summed E-state index contributed by atoms with van der Waals surface area (Å²) in [4.78, 5) is 14.9. The molecule has 0 fully saturated rings. The van der Waals surface area contributed by atoms with Crippen LogP contribution in [0.15, 0.2) is 11.6 Å². The van der Waals surface area contributed by atoms with Gasteiger partial charge >= 0.3 is 5.97 Å². The summed E-state index contributed by atoms with van der Waals surface area (Å²) >= 11 is 3.08. The summed E-state index contributed by atoms with van der Waals surface area (Å²) in [5, 5.41) is 11.7. The van der Waals surface area contributed by atoms with Crippen molar-refractivity contribution in [3.05, 3.63) is 16.6 Å². The van der Waals surface area contributed by atoms with Gasteiger partial charge in [-0.05, 0) is 13.8 Å². The van der Waals surface area contributed by atoms with E-state index in [4.69, 9.17) is 10.8 Å². The van der Waals surface area contributed by atoms with Gasteiger partial charge in [0, 0.05) is 22.1 Å². The first-order chi connectivity index (χ1) is 6.93. The van der Waals surface area contributed by atoms with Gasteiger partial charge in [0.2, 0.25) is 0 Å². The molecule has 84 valence electrons. The Balaban J connectivity index is 2.53. The van der Waals surface area contributed by atoms with E-state index in [1.54, 1.807) is 17.5 Å². The number of carboxylic acids is 1. The summed E-state index contributed by atoms with van der Waals surface area (Å²) in [7, 11) is 0. The zero-order chi connectivity index (χ0) is 11.5. The van der Waals surface area contributed by atoms with Crippen molar-refractivity contribution in [2.24, 2.45) is 5.73 Å². The highest BCUT2D eigenvalue weighted by molar-refractivity contribution is 8.00. The molecule has 0 radical (unpaired) electrons. The Morgan fingerprint density at radius 1 is 1.80 bits per heavy atom. The predicted octanol–water partition coefficient (Wildman–Crippen LogP) is 1.57. The van der Waals surface area contributed by atoms with Gasteiger partial charge in [-0.15, -0.1) is 23.1 Å². The Morgan fingerprint density at radius 2 is 2.47 bits per heavy atom. The maximum absolute atomic E-state index is 10.8. The summed E-state index contributed by atoms with van der Waals surface area (Å²) in [6.07, 6.45) is 1.74. The van der Waals surface area contributed by atoms with Gasteiger partial charge in [0.1, 0.15) is 11.0 Å². The normalized spacial score (nSPS) is 13.8. The lowest BCUT2D eigenvalue weighted by Gasteiger charge is -2.27. The van der Waals surface area contributed by atoms with Crippen LogP contribution in [-0.4, -0.2) is 26.8 Å². The van der Waals surface area contributed by atoms with Crippen LogP contribution in [0.4, 0.5) is 0 Å². The molecule has 1 heterocycles. The largest absolute Gasteiger partial charge is 0.480 e. The summed E-state index contributed by atoms with van der Waals surface area (Å²) in [5.74, 6) is -0.266. The molecule has 4 nitrogen and oxygen atoms in total. The van der Waals surface area contributed by atoms with Crippen LogP contribution in [0.5, 0.6) is 0 Å². The lowest BCUT2D eigenvalue weighted by Crippen LogP contribution is -2.46. The molecular formula is C9H14N2O2S2. The number of rotatable bonds is 5. The third kappa shape index (κ3) is 3.48. The van der Waals surface area contributed by atoms with E-state index >= 15 is 0 Å². The Hall–Kier alpha value is -0.590. The van der Waals surface area contributed by atoms with Gasteiger partial charge in [-0.2, -0.15) is 0 Å². The minimum atomic E-state index is -0.966. The first-order valence-corrected chi connectivity index (χ1v) is 6.30. The van der Waals surface area contributed by atoms with Crippen molar-refractivity contribution in [2.75, 3.05) is 0 Å². The standard InChI is InChI=1S/C9H14N2O2S2/c1-9(2,7(10)8(12)13)15-5-6-11-3-4-14-6/h3-4,7H,5,10H2,1-2H3,(H,12,13). The zero-order valence-corrected chi connectivity index (χ0v) is 10.3.